The number of esters is 1. The second-order valence-corrected chi connectivity index (χ2v) is 10.4. The van der Waals surface area contributed by atoms with Crippen molar-refractivity contribution in [2.24, 2.45) is 0 Å². The zero-order chi connectivity index (χ0) is 24.3. The van der Waals surface area contributed by atoms with Gasteiger partial charge in [-0.15, -0.1) is 0 Å². The number of halogens is 1. The van der Waals surface area contributed by atoms with E-state index >= 15 is 0 Å². The van der Waals surface area contributed by atoms with Crippen LogP contribution >= 0.6 is 11.6 Å². The quantitative estimate of drug-likeness (QED) is 0.506. The van der Waals surface area contributed by atoms with E-state index in [1.165, 1.54) is 35.5 Å². The molecule has 4 rings (SSSR count). The number of nitrogens with zero attached hydrogens (tertiary/aromatic N) is 2. The first-order valence-corrected chi connectivity index (χ1v) is 12.7. The molecule has 0 aliphatic carbocycles. The molecule has 1 fully saturated rings. The summed E-state index contributed by atoms with van der Waals surface area (Å²) in [5.74, 6) is -1.40. The lowest BCUT2D eigenvalue weighted by atomic mass is 10.2. The number of anilines is 1. The van der Waals surface area contributed by atoms with Crippen LogP contribution in [0.15, 0.2) is 59.5 Å². The number of hydrogen-bond acceptors (Lipinski definition) is 6. The lowest BCUT2D eigenvalue weighted by Gasteiger charge is -2.26. The van der Waals surface area contributed by atoms with Gasteiger partial charge in [-0.3, -0.25) is 4.79 Å². The smallest absolute Gasteiger partial charge is 0.357 e. The number of pyridine rings is 1. The molecule has 10 heteroatoms. The number of ether oxygens (including phenoxy) is 1. The van der Waals surface area contributed by atoms with E-state index in [1.54, 1.807) is 12.1 Å². The fraction of sp³-hybridized carbons (Fsp3) is 0.292. The molecule has 2 aromatic carbocycles. The van der Waals surface area contributed by atoms with E-state index in [1.807, 2.05) is 18.2 Å². The largest absolute Gasteiger partial charge is 0.448 e. The van der Waals surface area contributed by atoms with E-state index in [-0.39, 0.29) is 21.3 Å². The average molecular weight is 502 g/mol. The van der Waals surface area contributed by atoms with Crippen molar-refractivity contribution < 1.29 is 22.7 Å². The minimum atomic E-state index is -3.70. The summed E-state index contributed by atoms with van der Waals surface area (Å²) in [6, 6.07) is 14.8. The van der Waals surface area contributed by atoms with Crippen molar-refractivity contribution in [1.82, 2.24) is 9.29 Å². The third-order valence-electron chi connectivity index (χ3n) is 5.61. The molecule has 1 unspecified atom stereocenters. The maximum atomic E-state index is 13.0. The van der Waals surface area contributed by atoms with Gasteiger partial charge in [0.1, 0.15) is 5.69 Å². The molecule has 178 valence electrons. The normalized spacial score (nSPS) is 15.6. The number of aromatic nitrogens is 1. The van der Waals surface area contributed by atoms with Crippen LogP contribution in [0.4, 0.5) is 5.69 Å². The maximum Gasteiger partial charge on any atom is 0.357 e. The summed E-state index contributed by atoms with van der Waals surface area (Å²) >= 11 is 6.20. The molecule has 0 bridgehead atoms. The molecule has 1 N–H and O–H groups in total. The van der Waals surface area contributed by atoms with Crippen molar-refractivity contribution in [2.45, 2.75) is 37.2 Å². The third-order valence-corrected chi connectivity index (χ3v) is 7.83. The zero-order valence-electron chi connectivity index (χ0n) is 18.5. The average Bonchev–Trinajstić information content (AvgIpc) is 2.85. The second-order valence-electron chi connectivity index (χ2n) is 8.03. The Morgan fingerprint density at radius 3 is 2.56 bits per heavy atom. The molecule has 1 aromatic heterocycles. The van der Waals surface area contributed by atoms with Gasteiger partial charge in [0.05, 0.1) is 21.1 Å². The molecular formula is C24H24ClN3O5S. The van der Waals surface area contributed by atoms with Gasteiger partial charge in [-0.25, -0.2) is 18.2 Å². The predicted octanol–water partition coefficient (Wildman–Crippen LogP) is 4.25. The van der Waals surface area contributed by atoms with Crippen molar-refractivity contribution in [3.8, 4) is 0 Å². The van der Waals surface area contributed by atoms with Crippen LogP contribution in [0.3, 0.4) is 0 Å². The number of rotatable bonds is 6. The number of fused-ring (bicyclic) bond motifs is 1. The standard InChI is InChI=1S/C24H24ClN3O5S/c1-16(33-24(30)21-12-9-17-7-3-4-8-20(17)26-21)23(29)27-22-15-18(10-11-19(22)25)34(31,32)28-13-5-2-6-14-28/h3-4,7-12,15-16H,2,5-6,13-14H2,1H3,(H,27,29). The van der Waals surface area contributed by atoms with E-state index in [0.717, 1.165) is 24.6 Å². The van der Waals surface area contributed by atoms with Crippen LogP contribution in [0.2, 0.25) is 5.02 Å². The summed E-state index contributed by atoms with van der Waals surface area (Å²) in [5, 5.41) is 3.60. The number of para-hydroxylation sites is 1. The number of sulfonamides is 1. The van der Waals surface area contributed by atoms with Gasteiger partial charge in [-0.2, -0.15) is 4.31 Å². The third kappa shape index (κ3) is 5.22. The molecule has 1 saturated heterocycles. The van der Waals surface area contributed by atoms with Crippen LogP contribution in [0.5, 0.6) is 0 Å². The summed E-state index contributed by atoms with van der Waals surface area (Å²) in [5.41, 5.74) is 0.829. The molecule has 0 spiro atoms. The molecule has 1 atom stereocenters. The Balaban J connectivity index is 1.46. The number of carbonyl (C=O) groups excluding carboxylic acids is 2. The lowest BCUT2D eigenvalue weighted by molar-refractivity contribution is -0.123. The molecule has 1 aliphatic heterocycles. The van der Waals surface area contributed by atoms with Crippen LogP contribution in [-0.4, -0.2) is 48.8 Å². The van der Waals surface area contributed by atoms with E-state index in [2.05, 4.69) is 10.3 Å². The summed E-state index contributed by atoms with van der Waals surface area (Å²) in [6.07, 6.45) is 1.45. The minimum absolute atomic E-state index is 0.0408. The predicted molar refractivity (Wildman–Crippen MR) is 129 cm³/mol. The molecule has 1 amide bonds. The van der Waals surface area contributed by atoms with E-state index in [4.69, 9.17) is 16.3 Å². The Hall–Kier alpha value is -3.01. The summed E-state index contributed by atoms with van der Waals surface area (Å²) in [4.78, 5) is 29.5. The molecule has 3 aromatic rings. The Kier molecular flexibility index (Phi) is 7.16. The molecule has 0 saturated carbocycles. The zero-order valence-corrected chi connectivity index (χ0v) is 20.1. The SMILES string of the molecule is CC(OC(=O)c1ccc2ccccc2n1)C(=O)Nc1cc(S(=O)(=O)N2CCCCC2)ccc1Cl. The van der Waals surface area contributed by atoms with Crippen LogP contribution in [0.1, 0.15) is 36.7 Å². The van der Waals surface area contributed by atoms with Crippen molar-refractivity contribution in [2.75, 3.05) is 18.4 Å². The number of hydrogen-bond donors (Lipinski definition) is 1. The first kappa shape index (κ1) is 24.1. The summed E-state index contributed by atoms with van der Waals surface area (Å²) in [7, 11) is -3.70. The van der Waals surface area contributed by atoms with Crippen molar-refractivity contribution in [1.29, 1.82) is 0 Å². The molecule has 1 aliphatic rings. The first-order valence-electron chi connectivity index (χ1n) is 10.9. The van der Waals surface area contributed by atoms with Crippen LogP contribution in [0, 0.1) is 0 Å². The van der Waals surface area contributed by atoms with Crippen molar-refractivity contribution in [3.63, 3.8) is 0 Å². The molecular weight excluding hydrogens is 478 g/mol. The van der Waals surface area contributed by atoms with Crippen LogP contribution in [0.25, 0.3) is 10.9 Å². The second kappa shape index (κ2) is 10.1. The van der Waals surface area contributed by atoms with Gasteiger partial charge >= 0.3 is 5.97 Å². The van der Waals surface area contributed by atoms with Crippen molar-refractivity contribution in [3.05, 3.63) is 65.3 Å². The summed E-state index contributed by atoms with van der Waals surface area (Å²) < 4.78 is 32.6. The van der Waals surface area contributed by atoms with Gasteiger partial charge in [0.15, 0.2) is 6.10 Å². The molecule has 34 heavy (non-hydrogen) atoms. The number of nitrogens with one attached hydrogen (secondary N) is 1. The molecule has 0 radical (unpaired) electrons. The summed E-state index contributed by atoms with van der Waals surface area (Å²) in [6.45, 7) is 2.33. The Morgan fingerprint density at radius 2 is 1.79 bits per heavy atom. The van der Waals surface area contributed by atoms with Gasteiger partial charge in [-0.05, 0) is 50.1 Å². The van der Waals surface area contributed by atoms with E-state index in [9.17, 15) is 18.0 Å². The van der Waals surface area contributed by atoms with Gasteiger partial charge in [0, 0.05) is 18.5 Å². The van der Waals surface area contributed by atoms with Crippen LogP contribution in [-0.2, 0) is 19.6 Å². The topological polar surface area (TPSA) is 106 Å². The highest BCUT2D eigenvalue weighted by atomic mass is 35.5. The Morgan fingerprint density at radius 1 is 1.06 bits per heavy atom. The Labute approximate surface area is 202 Å². The monoisotopic (exact) mass is 501 g/mol. The van der Waals surface area contributed by atoms with Crippen LogP contribution < -0.4 is 5.32 Å². The van der Waals surface area contributed by atoms with Gasteiger partial charge in [-0.1, -0.05) is 42.3 Å². The fourth-order valence-corrected chi connectivity index (χ4v) is 5.41. The highest BCUT2D eigenvalue weighted by Gasteiger charge is 2.27. The van der Waals surface area contributed by atoms with E-state index < -0.39 is 28.0 Å². The molecule has 8 nitrogen and oxygen atoms in total. The maximum absolute atomic E-state index is 13.0. The number of benzene rings is 2. The number of amides is 1. The highest BCUT2D eigenvalue weighted by molar-refractivity contribution is 7.89. The number of piperidine rings is 1. The Bertz CT molecular complexity index is 1340. The van der Waals surface area contributed by atoms with E-state index in [0.29, 0.717) is 18.6 Å². The van der Waals surface area contributed by atoms with Gasteiger partial charge < -0.3 is 10.1 Å². The number of carbonyl (C=O) groups is 2. The molecule has 2 heterocycles. The van der Waals surface area contributed by atoms with Gasteiger partial charge in [0.25, 0.3) is 5.91 Å². The van der Waals surface area contributed by atoms with Crippen molar-refractivity contribution >= 4 is 50.1 Å². The highest BCUT2D eigenvalue weighted by Crippen LogP contribution is 2.28. The minimum Gasteiger partial charge on any atom is -0.448 e. The van der Waals surface area contributed by atoms with Gasteiger partial charge in [0.2, 0.25) is 10.0 Å². The fourth-order valence-electron chi connectivity index (χ4n) is 3.70. The lowest BCUT2D eigenvalue weighted by Crippen LogP contribution is -2.35. The first-order chi connectivity index (χ1) is 16.3.